The Morgan fingerprint density at radius 1 is 1.13 bits per heavy atom. The summed E-state index contributed by atoms with van der Waals surface area (Å²) in [5.74, 6) is 0. The monoisotopic (exact) mass is 478 g/mol. The molecule has 0 saturated heterocycles. The molecule has 4 aromatic rings. The molecule has 3 aromatic heterocycles. The van der Waals surface area contributed by atoms with E-state index in [9.17, 15) is 4.79 Å². The van der Waals surface area contributed by atoms with E-state index in [2.05, 4.69) is 80.9 Å². The Morgan fingerprint density at radius 3 is 2.58 bits per heavy atom. The summed E-state index contributed by atoms with van der Waals surface area (Å²) in [5, 5.41) is 4.80. The van der Waals surface area contributed by atoms with Gasteiger partial charge in [-0.2, -0.15) is 0 Å². The number of benzene rings is 1. The van der Waals surface area contributed by atoms with E-state index in [1.165, 1.54) is 16.5 Å². The largest absolute Gasteiger partial charge is 0.345 e. The van der Waals surface area contributed by atoms with Crippen molar-refractivity contribution >= 4 is 26.8 Å². The van der Waals surface area contributed by atoms with E-state index in [1.54, 1.807) is 12.4 Å². The number of aromatic nitrogens is 3. The van der Waals surface area contributed by atoms with Crippen LogP contribution in [-0.2, 0) is 6.54 Å². The van der Waals surface area contributed by atoms with Crippen molar-refractivity contribution in [1.82, 2.24) is 19.9 Å². The zero-order chi connectivity index (χ0) is 22.1. The number of halogens is 1. The third-order valence-corrected chi connectivity index (χ3v) is 6.16. The molecule has 0 aliphatic heterocycles. The first kappa shape index (κ1) is 21.5. The maximum Gasteiger partial charge on any atom is 0.253 e. The number of rotatable bonds is 6. The van der Waals surface area contributed by atoms with Crippen molar-refractivity contribution in [3.63, 3.8) is 0 Å². The standard InChI is InChI=1S/C25H27BrN4O/c1-15(2)30-10-7-20-21(12-19(26)13-24(20)30)17(4)28-14-23-22(11-16(3)29-25(23)31)18-5-8-27-9-6-18/h5-13,15,17,28H,14H2,1-4H3,(H,29,31). The van der Waals surface area contributed by atoms with Crippen LogP contribution >= 0.6 is 15.9 Å². The number of nitrogens with zero attached hydrogens (tertiary/aromatic N) is 2. The van der Waals surface area contributed by atoms with Crippen LogP contribution in [0.1, 0.15) is 49.7 Å². The van der Waals surface area contributed by atoms with Gasteiger partial charge >= 0.3 is 0 Å². The Labute approximate surface area is 190 Å². The van der Waals surface area contributed by atoms with Gasteiger partial charge in [0.05, 0.1) is 0 Å². The molecule has 0 radical (unpaired) electrons. The lowest BCUT2D eigenvalue weighted by Crippen LogP contribution is -2.25. The second kappa shape index (κ2) is 8.81. The first-order chi connectivity index (χ1) is 14.8. The lowest BCUT2D eigenvalue weighted by Gasteiger charge is -2.18. The smallest absolute Gasteiger partial charge is 0.253 e. The lowest BCUT2D eigenvalue weighted by atomic mass is 10.00. The summed E-state index contributed by atoms with van der Waals surface area (Å²) in [5.41, 5.74) is 5.86. The van der Waals surface area contributed by atoms with Crippen molar-refractivity contribution in [2.75, 3.05) is 0 Å². The van der Waals surface area contributed by atoms with Crippen molar-refractivity contribution in [1.29, 1.82) is 0 Å². The van der Waals surface area contributed by atoms with Crippen LogP contribution in [0.25, 0.3) is 22.0 Å². The third-order valence-electron chi connectivity index (χ3n) is 5.70. The predicted molar refractivity (Wildman–Crippen MR) is 130 cm³/mol. The highest BCUT2D eigenvalue weighted by molar-refractivity contribution is 9.10. The van der Waals surface area contributed by atoms with Crippen LogP contribution in [0.4, 0.5) is 0 Å². The number of fused-ring (bicyclic) bond motifs is 1. The van der Waals surface area contributed by atoms with Gasteiger partial charge in [-0.3, -0.25) is 9.78 Å². The van der Waals surface area contributed by atoms with Gasteiger partial charge in [-0.1, -0.05) is 15.9 Å². The molecule has 1 atom stereocenters. The molecule has 1 unspecified atom stereocenters. The molecule has 0 fully saturated rings. The van der Waals surface area contributed by atoms with Gasteiger partial charge in [0, 0.05) is 63.9 Å². The molecule has 4 rings (SSSR count). The molecule has 0 saturated carbocycles. The molecule has 1 aromatic carbocycles. The minimum Gasteiger partial charge on any atom is -0.345 e. The van der Waals surface area contributed by atoms with Crippen molar-refractivity contribution in [2.45, 2.75) is 46.3 Å². The predicted octanol–water partition coefficient (Wildman–Crippen LogP) is 5.89. The molecule has 0 aliphatic rings. The van der Waals surface area contributed by atoms with Crippen LogP contribution in [0, 0.1) is 6.92 Å². The summed E-state index contributed by atoms with van der Waals surface area (Å²) < 4.78 is 3.33. The van der Waals surface area contributed by atoms with Crippen molar-refractivity contribution in [3.8, 4) is 11.1 Å². The zero-order valence-corrected chi connectivity index (χ0v) is 19.8. The molecule has 160 valence electrons. The number of aryl methyl sites for hydroxylation is 1. The van der Waals surface area contributed by atoms with E-state index in [0.29, 0.717) is 12.6 Å². The van der Waals surface area contributed by atoms with Crippen LogP contribution in [0.2, 0.25) is 0 Å². The third kappa shape index (κ3) is 4.36. The van der Waals surface area contributed by atoms with E-state index in [-0.39, 0.29) is 11.6 Å². The van der Waals surface area contributed by atoms with Crippen LogP contribution in [0.15, 0.2) is 64.3 Å². The van der Waals surface area contributed by atoms with Crippen LogP contribution in [0.5, 0.6) is 0 Å². The fourth-order valence-corrected chi connectivity index (χ4v) is 4.57. The van der Waals surface area contributed by atoms with Crippen LogP contribution in [0.3, 0.4) is 0 Å². The average molecular weight is 479 g/mol. The Bertz CT molecular complexity index is 1270. The first-order valence-electron chi connectivity index (χ1n) is 10.5. The Balaban J connectivity index is 1.68. The maximum absolute atomic E-state index is 12.8. The minimum absolute atomic E-state index is 0.0585. The highest BCUT2D eigenvalue weighted by atomic mass is 79.9. The van der Waals surface area contributed by atoms with Gasteiger partial charge in [0.1, 0.15) is 0 Å². The average Bonchev–Trinajstić information content (AvgIpc) is 3.16. The summed E-state index contributed by atoms with van der Waals surface area (Å²) in [6, 6.07) is 12.9. The zero-order valence-electron chi connectivity index (χ0n) is 18.2. The van der Waals surface area contributed by atoms with Gasteiger partial charge < -0.3 is 14.9 Å². The number of nitrogens with one attached hydrogen (secondary N) is 2. The fourth-order valence-electron chi connectivity index (χ4n) is 4.11. The topological polar surface area (TPSA) is 62.7 Å². The summed E-state index contributed by atoms with van der Waals surface area (Å²) in [6.45, 7) is 8.89. The second-order valence-electron chi connectivity index (χ2n) is 8.26. The molecule has 0 bridgehead atoms. The maximum atomic E-state index is 12.8. The highest BCUT2D eigenvalue weighted by Crippen LogP contribution is 2.31. The summed E-state index contributed by atoms with van der Waals surface area (Å²) >= 11 is 3.68. The van der Waals surface area contributed by atoms with Crippen molar-refractivity contribution in [2.24, 2.45) is 0 Å². The molecular weight excluding hydrogens is 452 g/mol. The minimum atomic E-state index is -0.0585. The van der Waals surface area contributed by atoms with Crippen molar-refractivity contribution < 1.29 is 0 Å². The summed E-state index contributed by atoms with van der Waals surface area (Å²) in [7, 11) is 0. The van der Waals surface area contributed by atoms with E-state index < -0.39 is 0 Å². The Kier molecular flexibility index (Phi) is 6.12. The van der Waals surface area contributed by atoms with Crippen molar-refractivity contribution in [3.05, 3.63) is 86.6 Å². The Morgan fingerprint density at radius 2 is 1.87 bits per heavy atom. The molecule has 0 amide bonds. The molecule has 5 nitrogen and oxygen atoms in total. The molecular formula is C25H27BrN4O. The molecule has 2 N–H and O–H groups in total. The normalized spacial score (nSPS) is 12.6. The van der Waals surface area contributed by atoms with E-state index in [4.69, 9.17) is 0 Å². The summed E-state index contributed by atoms with van der Waals surface area (Å²) in [4.78, 5) is 19.9. The van der Waals surface area contributed by atoms with Gasteiger partial charge in [0.15, 0.2) is 0 Å². The fraction of sp³-hybridized carbons (Fsp3) is 0.280. The molecule has 0 aliphatic carbocycles. The van der Waals surface area contributed by atoms with Crippen LogP contribution < -0.4 is 10.9 Å². The molecule has 31 heavy (non-hydrogen) atoms. The number of hydrogen-bond donors (Lipinski definition) is 2. The van der Waals surface area contributed by atoms with E-state index in [0.717, 1.165) is 26.9 Å². The molecule has 6 heteroatoms. The number of aromatic amines is 1. The SMILES string of the molecule is Cc1cc(-c2ccncc2)c(CNC(C)c2cc(Br)cc3c2ccn3C(C)C)c(=O)[nH]1. The van der Waals surface area contributed by atoms with Gasteiger partial charge in [0.25, 0.3) is 5.56 Å². The highest BCUT2D eigenvalue weighted by Gasteiger charge is 2.16. The summed E-state index contributed by atoms with van der Waals surface area (Å²) in [6.07, 6.45) is 5.65. The van der Waals surface area contributed by atoms with Crippen LogP contribution in [-0.4, -0.2) is 14.5 Å². The Hall–Kier alpha value is -2.70. The van der Waals surface area contributed by atoms with Gasteiger partial charge in [-0.05, 0) is 80.8 Å². The van der Waals surface area contributed by atoms with E-state index >= 15 is 0 Å². The van der Waals surface area contributed by atoms with Gasteiger partial charge in [-0.15, -0.1) is 0 Å². The quantitative estimate of drug-likeness (QED) is 0.362. The number of H-pyrrole nitrogens is 1. The molecule has 0 spiro atoms. The van der Waals surface area contributed by atoms with Gasteiger partial charge in [-0.25, -0.2) is 0 Å². The second-order valence-corrected chi connectivity index (χ2v) is 9.17. The first-order valence-corrected chi connectivity index (χ1v) is 11.3. The van der Waals surface area contributed by atoms with Gasteiger partial charge in [0.2, 0.25) is 0 Å². The number of hydrogen-bond acceptors (Lipinski definition) is 3. The molecule has 3 heterocycles. The lowest BCUT2D eigenvalue weighted by molar-refractivity contribution is 0.575. The number of pyridine rings is 2. The van der Waals surface area contributed by atoms with E-state index in [1.807, 2.05) is 25.1 Å².